The second kappa shape index (κ2) is 5.06. The number of anilines is 1. The molecule has 98 valence electrons. The quantitative estimate of drug-likeness (QED) is 0.923. The third kappa shape index (κ3) is 2.38. The number of hydrogen-bond donors (Lipinski definition) is 1. The number of hydrogen-bond acceptors (Lipinski definition) is 5. The molecule has 0 radical (unpaired) electrons. The third-order valence-electron chi connectivity index (χ3n) is 3.11. The zero-order chi connectivity index (χ0) is 13.3. The zero-order valence-corrected chi connectivity index (χ0v) is 12.3. The van der Waals surface area contributed by atoms with Crippen molar-refractivity contribution >= 4 is 16.5 Å². The Morgan fingerprint density at radius 2 is 2.06 bits per heavy atom. The molecule has 2 rings (SSSR count). The van der Waals surface area contributed by atoms with Crippen molar-refractivity contribution in [1.29, 1.82) is 0 Å². The van der Waals surface area contributed by atoms with Crippen LogP contribution in [0.4, 0.5) is 5.13 Å². The molecule has 0 aromatic carbocycles. The predicted octanol–water partition coefficient (Wildman–Crippen LogP) is 2.62. The first kappa shape index (κ1) is 13.0. The van der Waals surface area contributed by atoms with Crippen molar-refractivity contribution in [3.8, 4) is 0 Å². The Morgan fingerprint density at radius 1 is 1.33 bits per heavy atom. The number of aryl methyl sites for hydroxylation is 3. The minimum atomic E-state index is 0.191. The second-order valence-corrected chi connectivity index (χ2v) is 5.49. The van der Waals surface area contributed by atoms with Gasteiger partial charge >= 0.3 is 0 Å². The number of nitrogens with one attached hydrogen (secondary N) is 1. The molecule has 0 bridgehead atoms. The molecule has 0 aliphatic rings. The van der Waals surface area contributed by atoms with Crippen LogP contribution in [0, 0.1) is 13.8 Å². The zero-order valence-electron chi connectivity index (χ0n) is 11.5. The van der Waals surface area contributed by atoms with Gasteiger partial charge in [0.1, 0.15) is 5.01 Å². The summed E-state index contributed by atoms with van der Waals surface area (Å²) in [5.74, 6) is 0. The molecular formula is C12H19N5S. The van der Waals surface area contributed by atoms with Gasteiger partial charge in [-0.2, -0.15) is 5.10 Å². The van der Waals surface area contributed by atoms with E-state index in [0.717, 1.165) is 22.3 Å². The van der Waals surface area contributed by atoms with E-state index in [9.17, 15) is 0 Å². The van der Waals surface area contributed by atoms with Crippen LogP contribution in [0.1, 0.15) is 41.8 Å². The highest BCUT2D eigenvalue weighted by molar-refractivity contribution is 7.15. The van der Waals surface area contributed by atoms with Gasteiger partial charge in [-0.05, 0) is 27.2 Å². The molecule has 0 fully saturated rings. The van der Waals surface area contributed by atoms with E-state index < -0.39 is 0 Å². The molecule has 0 spiro atoms. The molecule has 0 saturated heterocycles. The third-order valence-corrected chi connectivity index (χ3v) is 4.11. The maximum atomic E-state index is 4.44. The lowest BCUT2D eigenvalue weighted by molar-refractivity contribution is 0.728. The molecule has 18 heavy (non-hydrogen) atoms. The minimum absolute atomic E-state index is 0.191. The van der Waals surface area contributed by atoms with E-state index in [2.05, 4.69) is 41.4 Å². The highest BCUT2D eigenvalue weighted by atomic mass is 32.1. The Bertz CT molecular complexity index is 543. The van der Waals surface area contributed by atoms with Crippen LogP contribution in [-0.2, 0) is 13.5 Å². The number of nitrogens with zero attached hydrogens (tertiary/aromatic N) is 4. The first-order valence-corrected chi connectivity index (χ1v) is 6.93. The van der Waals surface area contributed by atoms with E-state index in [1.807, 2.05) is 18.7 Å². The van der Waals surface area contributed by atoms with Crippen LogP contribution in [0.2, 0.25) is 0 Å². The van der Waals surface area contributed by atoms with E-state index >= 15 is 0 Å². The lowest BCUT2D eigenvalue weighted by atomic mass is 10.1. The monoisotopic (exact) mass is 265 g/mol. The highest BCUT2D eigenvalue weighted by Gasteiger charge is 2.17. The molecule has 0 amide bonds. The Balaban J connectivity index is 2.18. The standard InChI is InChI=1S/C12H19N5S/c1-6-10-14-15-12(18-10)13-7(2)11-8(3)16-17(5)9(11)4/h7H,6H2,1-5H3,(H,13,15). The average molecular weight is 265 g/mol. The molecule has 0 saturated carbocycles. The lowest BCUT2D eigenvalue weighted by Gasteiger charge is -2.13. The normalized spacial score (nSPS) is 12.7. The average Bonchev–Trinajstić information content (AvgIpc) is 2.85. The fourth-order valence-electron chi connectivity index (χ4n) is 2.13. The highest BCUT2D eigenvalue weighted by Crippen LogP contribution is 2.26. The van der Waals surface area contributed by atoms with Gasteiger partial charge in [0.05, 0.1) is 11.7 Å². The SMILES string of the molecule is CCc1nnc(NC(C)c2c(C)nn(C)c2C)s1. The molecular weight excluding hydrogens is 246 g/mol. The van der Waals surface area contributed by atoms with Crippen LogP contribution >= 0.6 is 11.3 Å². The summed E-state index contributed by atoms with van der Waals surface area (Å²) in [6.45, 7) is 8.34. The Labute approximate surface area is 111 Å². The number of rotatable bonds is 4. The molecule has 5 nitrogen and oxygen atoms in total. The van der Waals surface area contributed by atoms with Crippen LogP contribution < -0.4 is 5.32 Å². The summed E-state index contributed by atoms with van der Waals surface area (Å²) >= 11 is 1.61. The maximum absolute atomic E-state index is 4.44. The Morgan fingerprint density at radius 3 is 2.56 bits per heavy atom. The van der Waals surface area contributed by atoms with E-state index in [4.69, 9.17) is 0 Å². The molecule has 2 aromatic heterocycles. The van der Waals surface area contributed by atoms with Crippen molar-refractivity contribution in [2.45, 2.75) is 40.2 Å². The maximum Gasteiger partial charge on any atom is 0.206 e. The van der Waals surface area contributed by atoms with Crippen LogP contribution in [0.3, 0.4) is 0 Å². The van der Waals surface area contributed by atoms with Gasteiger partial charge in [-0.15, -0.1) is 10.2 Å². The predicted molar refractivity (Wildman–Crippen MR) is 74.0 cm³/mol. The fourth-order valence-corrected chi connectivity index (χ4v) is 2.90. The smallest absolute Gasteiger partial charge is 0.206 e. The Kier molecular flexibility index (Phi) is 3.65. The van der Waals surface area contributed by atoms with Crippen molar-refractivity contribution in [3.05, 3.63) is 22.0 Å². The van der Waals surface area contributed by atoms with Crippen molar-refractivity contribution in [1.82, 2.24) is 20.0 Å². The van der Waals surface area contributed by atoms with Crippen LogP contribution in [0.5, 0.6) is 0 Å². The van der Waals surface area contributed by atoms with Crippen molar-refractivity contribution in [3.63, 3.8) is 0 Å². The van der Waals surface area contributed by atoms with Gasteiger partial charge in [0, 0.05) is 18.3 Å². The molecule has 1 N–H and O–H groups in total. The first-order valence-electron chi connectivity index (χ1n) is 6.12. The summed E-state index contributed by atoms with van der Waals surface area (Å²) in [5.41, 5.74) is 3.49. The van der Waals surface area contributed by atoms with Gasteiger partial charge in [-0.1, -0.05) is 18.3 Å². The summed E-state index contributed by atoms with van der Waals surface area (Å²) in [6.07, 6.45) is 0.929. The lowest BCUT2D eigenvalue weighted by Crippen LogP contribution is -2.08. The van der Waals surface area contributed by atoms with Crippen LogP contribution in [-0.4, -0.2) is 20.0 Å². The van der Waals surface area contributed by atoms with Gasteiger partial charge in [0.25, 0.3) is 0 Å². The summed E-state index contributed by atoms with van der Waals surface area (Å²) < 4.78 is 1.92. The van der Waals surface area contributed by atoms with Gasteiger partial charge in [0.2, 0.25) is 5.13 Å². The molecule has 1 atom stereocenters. The van der Waals surface area contributed by atoms with Gasteiger partial charge in [-0.3, -0.25) is 4.68 Å². The second-order valence-electron chi connectivity index (χ2n) is 4.43. The van der Waals surface area contributed by atoms with Crippen molar-refractivity contribution < 1.29 is 0 Å². The first-order chi connectivity index (χ1) is 8.52. The van der Waals surface area contributed by atoms with Gasteiger partial charge in [0.15, 0.2) is 0 Å². The van der Waals surface area contributed by atoms with E-state index in [1.54, 1.807) is 11.3 Å². The molecule has 6 heteroatoms. The van der Waals surface area contributed by atoms with E-state index in [1.165, 1.54) is 11.3 Å². The molecule has 2 aromatic rings. The molecule has 2 heterocycles. The summed E-state index contributed by atoms with van der Waals surface area (Å²) in [7, 11) is 1.97. The van der Waals surface area contributed by atoms with E-state index in [0.29, 0.717) is 0 Å². The summed E-state index contributed by atoms with van der Waals surface area (Å²) in [5, 5.41) is 18.0. The molecule has 0 aliphatic heterocycles. The number of aromatic nitrogens is 4. The van der Waals surface area contributed by atoms with Crippen molar-refractivity contribution in [2.24, 2.45) is 7.05 Å². The fraction of sp³-hybridized carbons (Fsp3) is 0.583. The van der Waals surface area contributed by atoms with Crippen LogP contribution in [0.25, 0.3) is 0 Å². The molecule has 1 unspecified atom stereocenters. The van der Waals surface area contributed by atoms with Crippen LogP contribution in [0.15, 0.2) is 0 Å². The largest absolute Gasteiger partial charge is 0.353 e. The molecule has 0 aliphatic carbocycles. The van der Waals surface area contributed by atoms with Crippen molar-refractivity contribution in [2.75, 3.05) is 5.32 Å². The van der Waals surface area contributed by atoms with Gasteiger partial charge < -0.3 is 5.32 Å². The Hall–Kier alpha value is -1.43. The topological polar surface area (TPSA) is 55.6 Å². The van der Waals surface area contributed by atoms with Gasteiger partial charge in [-0.25, -0.2) is 0 Å². The summed E-state index contributed by atoms with van der Waals surface area (Å²) in [4.78, 5) is 0. The van der Waals surface area contributed by atoms with E-state index in [-0.39, 0.29) is 6.04 Å². The summed E-state index contributed by atoms with van der Waals surface area (Å²) in [6, 6.07) is 0.191. The minimum Gasteiger partial charge on any atom is -0.353 e.